The first-order valence-corrected chi connectivity index (χ1v) is 13.2. The van der Waals surface area contributed by atoms with E-state index < -0.39 is 0 Å². The number of benzene rings is 1. The number of pyridine rings is 2. The molecule has 37 heavy (non-hydrogen) atoms. The van der Waals surface area contributed by atoms with Crippen LogP contribution in [0.3, 0.4) is 0 Å². The molecule has 1 atom stereocenters. The highest BCUT2D eigenvalue weighted by Crippen LogP contribution is 2.39. The maximum absolute atomic E-state index is 8.76. The van der Waals surface area contributed by atoms with E-state index in [-0.39, 0.29) is 16.6 Å². The zero-order valence-corrected chi connectivity index (χ0v) is 21.6. The number of aliphatic imine (C=N–C) groups is 1. The quantitative estimate of drug-likeness (QED) is 0.235. The Balaban J connectivity index is 1.47. The number of anilines is 1. The van der Waals surface area contributed by atoms with Gasteiger partial charge in [0.2, 0.25) is 0 Å². The molecule has 1 unspecified atom stereocenters. The van der Waals surface area contributed by atoms with Crippen LogP contribution >= 0.6 is 11.8 Å². The molecule has 9 nitrogen and oxygen atoms in total. The highest BCUT2D eigenvalue weighted by atomic mass is 32.2. The van der Waals surface area contributed by atoms with Crippen LogP contribution < -0.4 is 15.1 Å². The molecule has 5 rings (SSSR count). The zero-order chi connectivity index (χ0) is 25.8. The van der Waals surface area contributed by atoms with E-state index in [2.05, 4.69) is 9.89 Å². The molecule has 192 valence electrons. The van der Waals surface area contributed by atoms with E-state index in [1.54, 1.807) is 31.6 Å². The van der Waals surface area contributed by atoms with Gasteiger partial charge in [-0.1, -0.05) is 17.8 Å². The number of rotatable bonds is 8. The Morgan fingerprint density at radius 2 is 2.08 bits per heavy atom. The molecule has 1 aromatic carbocycles. The summed E-state index contributed by atoms with van der Waals surface area (Å²) in [5.74, 6) is 1.16. The Kier molecular flexibility index (Phi) is 7.66. The van der Waals surface area contributed by atoms with Gasteiger partial charge in [0.25, 0.3) is 0 Å². The average Bonchev–Trinajstić information content (AvgIpc) is 3.76. The third kappa shape index (κ3) is 5.75. The van der Waals surface area contributed by atoms with Crippen LogP contribution in [0.4, 0.5) is 5.69 Å². The van der Waals surface area contributed by atoms with Crippen LogP contribution in [-0.4, -0.2) is 67.1 Å². The van der Waals surface area contributed by atoms with E-state index in [4.69, 9.17) is 30.7 Å². The van der Waals surface area contributed by atoms with Crippen LogP contribution in [0.1, 0.15) is 24.3 Å². The second kappa shape index (κ2) is 11.3. The molecular weight excluding hydrogens is 486 g/mol. The first kappa shape index (κ1) is 25.2. The Morgan fingerprint density at radius 3 is 2.81 bits per heavy atom. The van der Waals surface area contributed by atoms with Gasteiger partial charge in [-0.2, -0.15) is 0 Å². The number of morpholine rings is 1. The summed E-state index contributed by atoms with van der Waals surface area (Å²) in [6.45, 7) is 3.66. The number of nitrogens with zero attached hydrogens (tertiary/aromatic N) is 4. The normalized spacial score (nSPS) is 16.7. The van der Waals surface area contributed by atoms with Crippen molar-refractivity contribution < 1.29 is 9.47 Å². The predicted molar refractivity (Wildman–Crippen MR) is 148 cm³/mol. The highest BCUT2D eigenvalue weighted by Gasteiger charge is 2.25. The molecule has 1 saturated heterocycles. The molecule has 3 heterocycles. The minimum Gasteiger partial charge on any atom is -0.490 e. The molecule has 2 fully saturated rings. The van der Waals surface area contributed by atoms with Crippen LogP contribution in [-0.2, 0) is 4.74 Å². The lowest BCUT2D eigenvalue weighted by Gasteiger charge is -2.30. The van der Waals surface area contributed by atoms with Gasteiger partial charge in [-0.25, -0.2) is 0 Å². The van der Waals surface area contributed by atoms with Gasteiger partial charge in [-0.15, -0.1) is 0 Å². The first-order chi connectivity index (χ1) is 18.1. The SMILES string of the molecule is CN=CC(C=N)c1ccc(=N)n(C(=N)Sc2ccc3ncc(N4CCOCC4)c(OCC4CC4)c3c2)c1. The van der Waals surface area contributed by atoms with Gasteiger partial charge in [0.05, 0.1) is 43.1 Å². The van der Waals surface area contributed by atoms with Crippen LogP contribution in [0.15, 0.2) is 52.6 Å². The van der Waals surface area contributed by atoms with E-state index >= 15 is 0 Å². The number of ether oxygens (including phenoxy) is 2. The summed E-state index contributed by atoms with van der Waals surface area (Å²) < 4.78 is 13.5. The summed E-state index contributed by atoms with van der Waals surface area (Å²) in [5, 5.41) is 25.9. The van der Waals surface area contributed by atoms with E-state index in [0.29, 0.717) is 25.7 Å². The number of hydrogen-bond donors (Lipinski definition) is 3. The Morgan fingerprint density at radius 1 is 1.27 bits per heavy atom. The topological polar surface area (TPSA) is 123 Å². The number of thioether (sulfide) groups is 1. The van der Waals surface area contributed by atoms with Crippen molar-refractivity contribution in [1.29, 1.82) is 16.2 Å². The molecule has 2 aliphatic rings. The second-order valence-corrected chi connectivity index (χ2v) is 10.3. The largest absolute Gasteiger partial charge is 0.490 e. The van der Waals surface area contributed by atoms with Crippen molar-refractivity contribution in [2.45, 2.75) is 23.7 Å². The molecule has 1 aliphatic carbocycles. The van der Waals surface area contributed by atoms with E-state index in [1.165, 1.54) is 35.4 Å². The second-order valence-electron chi connectivity index (χ2n) is 9.23. The lowest BCUT2D eigenvalue weighted by molar-refractivity contribution is 0.122. The van der Waals surface area contributed by atoms with Crippen LogP contribution in [0.25, 0.3) is 10.9 Å². The minimum absolute atomic E-state index is 0.195. The molecule has 10 heteroatoms. The maximum Gasteiger partial charge on any atom is 0.171 e. The van der Waals surface area contributed by atoms with Gasteiger partial charge in [0.1, 0.15) is 5.49 Å². The van der Waals surface area contributed by atoms with Crippen molar-refractivity contribution in [3.8, 4) is 5.75 Å². The smallest absolute Gasteiger partial charge is 0.171 e. The molecule has 1 aliphatic heterocycles. The van der Waals surface area contributed by atoms with Crippen LogP contribution in [0.2, 0.25) is 0 Å². The number of fused-ring (bicyclic) bond motifs is 1. The third-order valence-electron chi connectivity index (χ3n) is 6.56. The molecule has 1 saturated carbocycles. The molecule has 0 bridgehead atoms. The Hall–Kier alpha value is -3.50. The van der Waals surface area contributed by atoms with Gasteiger partial charge >= 0.3 is 0 Å². The lowest BCUT2D eigenvalue weighted by atomic mass is 10.0. The van der Waals surface area contributed by atoms with Crippen molar-refractivity contribution in [3.63, 3.8) is 0 Å². The van der Waals surface area contributed by atoms with Gasteiger partial charge in [0, 0.05) is 49.0 Å². The third-order valence-corrected chi connectivity index (χ3v) is 7.44. The summed E-state index contributed by atoms with van der Waals surface area (Å²) >= 11 is 1.27. The van der Waals surface area contributed by atoms with Crippen molar-refractivity contribution in [2.24, 2.45) is 10.9 Å². The molecule has 0 spiro atoms. The minimum atomic E-state index is -0.300. The predicted octanol–water partition coefficient (Wildman–Crippen LogP) is 4.15. The van der Waals surface area contributed by atoms with Gasteiger partial charge < -0.3 is 19.8 Å². The fraction of sp³-hybridized carbons (Fsp3) is 0.370. The number of aromatic nitrogens is 2. The molecule has 0 amide bonds. The number of hydrogen-bond acceptors (Lipinski definition) is 9. The first-order valence-electron chi connectivity index (χ1n) is 12.4. The fourth-order valence-electron chi connectivity index (χ4n) is 4.30. The summed E-state index contributed by atoms with van der Waals surface area (Å²) in [7, 11) is 1.67. The monoisotopic (exact) mass is 517 g/mol. The van der Waals surface area contributed by atoms with Crippen molar-refractivity contribution >= 4 is 45.9 Å². The Bertz CT molecular complexity index is 1390. The zero-order valence-electron chi connectivity index (χ0n) is 20.8. The Labute approximate surface area is 220 Å². The standard InChI is InChI=1S/C27H31N7O2S/c1-31-14-20(13-28)19-4-7-25(29)34(16-19)27(30)37-21-5-6-23-22(12-21)26(36-17-18-2-3-18)24(15-32-23)33-8-10-35-11-9-33/h4-7,12-16,18,20,28-30H,2-3,8-11,17H2,1H3. The lowest BCUT2D eigenvalue weighted by Crippen LogP contribution is -2.36. The molecule has 3 N–H and O–H groups in total. The molecule has 2 aromatic heterocycles. The van der Waals surface area contributed by atoms with Crippen LogP contribution in [0.5, 0.6) is 5.75 Å². The highest BCUT2D eigenvalue weighted by molar-refractivity contribution is 8.13. The number of nitrogens with one attached hydrogen (secondary N) is 3. The van der Waals surface area contributed by atoms with Crippen molar-refractivity contribution in [3.05, 3.63) is 53.8 Å². The van der Waals surface area contributed by atoms with E-state index in [0.717, 1.165) is 45.9 Å². The summed E-state index contributed by atoms with van der Waals surface area (Å²) in [4.78, 5) is 11.9. The average molecular weight is 518 g/mol. The van der Waals surface area contributed by atoms with E-state index in [1.807, 2.05) is 24.4 Å². The summed E-state index contributed by atoms with van der Waals surface area (Å²) in [5.41, 5.74) is 2.83. The fourth-order valence-corrected chi connectivity index (χ4v) is 5.08. The van der Waals surface area contributed by atoms with Gasteiger partial charge in [0.15, 0.2) is 10.9 Å². The molecular formula is C27H31N7O2S. The molecule has 0 radical (unpaired) electrons. The summed E-state index contributed by atoms with van der Waals surface area (Å²) in [6, 6.07) is 9.39. The van der Waals surface area contributed by atoms with Gasteiger partial charge in [-0.3, -0.25) is 25.4 Å². The van der Waals surface area contributed by atoms with Gasteiger partial charge in [-0.05, 0) is 48.6 Å². The van der Waals surface area contributed by atoms with Crippen LogP contribution in [0, 0.1) is 22.1 Å². The summed E-state index contributed by atoms with van der Waals surface area (Å²) in [6.07, 6.45) is 9.04. The maximum atomic E-state index is 8.76. The molecule has 3 aromatic rings. The van der Waals surface area contributed by atoms with Crippen molar-refractivity contribution in [1.82, 2.24) is 9.55 Å². The van der Waals surface area contributed by atoms with Crippen molar-refractivity contribution in [2.75, 3.05) is 44.9 Å². The van der Waals surface area contributed by atoms with E-state index in [9.17, 15) is 0 Å².